The highest BCUT2D eigenvalue weighted by Crippen LogP contribution is 2.33. The van der Waals surface area contributed by atoms with Gasteiger partial charge in [0.25, 0.3) is 10.0 Å². The number of aryl methyl sites for hydroxylation is 2. The SMILES string of the molecule is COc1ccc(S(=O)(=O)N(CC(=O)N(Cc2ccc(Cl)cc2Cl)[C@H](C)C(=O)NCC(C)C)c2cc(C)cc(C)c2)cc1OC. The second kappa shape index (κ2) is 15.0. The van der Waals surface area contributed by atoms with E-state index in [2.05, 4.69) is 5.32 Å². The number of sulfonamides is 1. The number of nitrogens with one attached hydrogen (secondary N) is 1. The van der Waals surface area contributed by atoms with Crippen LogP contribution in [-0.2, 0) is 26.2 Å². The quantitative estimate of drug-likeness (QED) is 0.240. The monoisotopic (exact) mass is 663 g/mol. The lowest BCUT2D eigenvalue weighted by Gasteiger charge is -2.32. The first-order valence-corrected chi connectivity index (χ1v) is 16.2. The van der Waals surface area contributed by atoms with E-state index >= 15 is 0 Å². The van der Waals surface area contributed by atoms with Crippen LogP contribution in [-0.4, -0.2) is 58.5 Å². The lowest BCUT2D eigenvalue weighted by Crippen LogP contribution is -2.51. The maximum absolute atomic E-state index is 14.3. The van der Waals surface area contributed by atoms with Gasteiger partial charge in [-0.1, -0.05) is 49.2 Å². The fraction of sp³-hybridized carbons (Fsp3) is 0.375. The topological polar surface area (TPSA) is 105 Å². The largest absolute Gasteiger partial charge is 0.493 e. The van der Waals surface area contributed by atoms with Gasteiger partial charge in [-0.15, -0.1) is 0 Å². The Labute approximate surface area is 270 Å². The molecule has 0 heterocycles. The maximum atomic E-state index is 14.3. The Morgan fingerprint density at radius 1 is 0.886 bits per heavy atom. The maximum Gasteiger partial charge on any atom is 0.264 e. The lowest BCUT2D eigenvalue weighted by molar-refractivity contribution is -0.139. The average Bonchev–Trinajstić information content (AvgIpc) is 2.96. The number of hydrogen-bond donors (Lipinski definition) is 1. The van der Waals surface area contributed by atoms with Crippen LogP contribution in [0.5, 0.6) is 11.5 Å². The summed E-state index contributed by atoms with van der Waals surface area (Å²) >= 11 is 12.5. The Balaban J connectivity index is 2.11. The van der Waals surface area contributed by atoms with E-state index in [1.165, 1.54) is 37.3 Å². The minimum atomic E-state index is -4.32. The van der Waals surface area contributed by atoms with Gasteiger partial charge in [0.1, 0.15) is 12.6 Å². The Morgan fingerprint density at radius 3 is 2.09 bits per heavy atom. The van der Waals surface area contributed by atoms with Crippen molar-refractivity contribution < 1.29 is 27.5 Å². The Hall–Kier alpha value is -3.47. The summed E-state index contributed by atoms with van der Waals surface area (Å²) in [6.07, 6.45) is 0. The molecular formula is C32H39Cl2N3O6S. The Bertz CT molecular complexity index is 1590. The predicted molar refractivity (Wildman–Crippen MR) is 174 cm³/mol. The molecule has 0 radical (unpaired) electrons. The molecular weight excluding hydrogens is 625 g/mol. The molecule has 238 valence electrons. The molecule has 0 aliphatic heterocycles. The Morgan fingerprint density at radius 2 is 1.52 bits per heavy atom. The number of rotatable bonds is 13. The molecule has 0 saturated heterocycles. The Kier molecular flexibility index (Phi) is 11.9. The van der Waals surface area contributed by atoms with Crippen molar-refractivity contribution in [1.82, 2.24) is 10.2 Å². The molecule has 44 heavy (non-hydrogen) atoms. The zero-order valence-electron chi connectivity index (χ0n) is 26.0. The molecule has 0 aliphatic rings. The third-order valence-corrected chi connectivity index (χ3v) is 9.28. The summed E-state index contributed by atoms with van der Waals surface area (Å²) in [4.78, 5) is 28.6. The molecule has 2 amide bonds. The van der Waals surface area contributed by atoms with Crippen LogP contribution in [0.4, 0.5) is 5.69 Å². The molecule has 0 fully saturated rings. The van der Waals surface area contributed by atoms with E-state index in [0.29, 0.717) is 33.6 Å². The molecule has 1 N–H and O–H groups in total. The van der Waals surface area contributed by atoms with Crippen LogP contribution < -0.4 is 19.1 Å². The summed E-state index contributed by atoms with van der Waals surface area (Å²) in [5.74, 6) is -0.223. The van der Waals surface area contributed by atoms with Crippen LogP contribution in [0.25, 0.3) is 0 Å². The number of nitrogens with zero attached hydrogens (tertiary/aromatic N) is 2. The predicted octanol–water partition coefficient (Wildman–Crippen LogP) is 6.01. The van der Waals surface area contributed by atoms with Gasteiger partial charge in [-0.2, -0.15) is 0 Å². The zero-order valence-corrected chi connectivity index (χ0v) is 28.3. The molecule has 3 aromatic carbocycles. The molecule has 3 aromatic rings. The van der Waals surface area contributed by atoms with Gasteiger partial charge < -0.3 is 19.7 Å². The molecule has 0 spiro atoms. The second-order valence-corrected chi connectivity index (χ2v) is 13.7. The van der Waals surface area contributed by atoms with Crippen LogP contribution >= 0.6 is 23.2 Å². The highest BCUT2D eigenvalue weighted by atomic mass is 35.5. The summed E-state index contributed by atoms with van der Waals surface area (Å²) in [5, 5.41) is 3.59. The van der Waals surface area contributed by atoms with Crippen molar-refractivity contribution in [1.29, 1.82) is 0 Å². The van der Waals surface area contributed by atoms with Crippen LogP contribution in [0.2, 0.25) is 10.0 Å². The molecule has 0 aliphatic carbocycles. The summed E-state index contributed by atoms with van der Waals surface area (Å²) in [6, 6.07) is 13.4. The fourth-order valence-corrected chi connectivity index (χ4v) is 6.48. The van der Waals surface area contributed by atoms with E-state index in [9.17, 15) is 18.0 Å². The van der Waals surface area contributed by atoms with Crippen molar-refractivity contribution in [3.63, 3.8) is 0 Å². The summed E-state index contributed by atoms with van der Waals surface area (Å²) in [5.41, 5.74) is 2.47. The number of carbonyl (C=O) groups excluding carboxylic acids is 2. The molecule has 1 atom stereocenters. The lowest BCUT2D eigenvalue weighted by atomic mass is 10.1. The van der Waals surface area contributed by atoms with Gasteiger partial charge >= 0.3 is 0 Å². The van der Waals surface area contributed by atoms with E-state index in [4.69, 9.17) is 32.7 Å². The first-order chi connectivity index (χ1) is 20.7. The third-order valence-electron chi connectivity index (χ3n) is 6.92. The second-order valence-electron chi connectivity index (χ2n) is 10.9. The first kappa shape index (κ1) is 35.0. The van der Waals surface area contributed by atoms with E-state index in [1.54, 1.807) is 37.3 Å². The number of carbonyl (C=O) groups is 2. The molecule has 12 heteroatoms. The molecule has 9 nitrogen and oxygen atoms in total. The minimum absolute atomic E-state index is 0.0534. The van der Waals surface area contributed by atoms with E-state index in [1.807, 2.05) is 33.8 Å². The number of amides is 2. The van der Waals surface area contributed by atoms with E-state index < -0.39 is 28.5 Å². The van der Waals surface area contributed by atoms with Gasteiger partial charge in [-0.3, -0.25) is 13.9 Å². The number of halogens is 2. The van der Waals surface area contributed by atoms with Crippen LogP contribution in [0.15, 0.2) is 59.5 Å². The summed E-state index contributed by atoms with van der Waals surface area (Å²) in [7, 11) is -1.46. The molecule has 3 rings (SSSR count). The van der Waals surface area contributed by atoms with E-state index in [0.717, 1.165) is 15.4 Å². The van der Waals surface area contributed by atoms with Crippen molar-refractivity contribution in [3.05, 3.63) is 81.3 Å². The van der Waals surface area contributed by atoms with Gasteiger partial charge in [0.15, 0.2) is 11.5 Å². The zero-order chi connectivity index (χ0) is 32.8. The van der Waals surface area contributed by atoms with Crippen molar-refractivity contribution in [3.8, 4) is 11.5 Å². The van der Waals surface area contributed by atoms with E-state index in [-0.39, 0.29) is 29.0 Å². The van der Waals surface area contributed by atoms with Crippen LogP contribution in [0.1, 0.15) is 37.5 Å². The highest BCUT2D eigenvalue weighted by Gasteiger charge is 2.33. The van der Waals surface area contributed by atoms with Crippen molar-refractivity contribution >= 4 is 50.7 Å². The van der Waals surface area contributed by atoms with Gasteiger partial charge in [0.05, 0.1) is 24.8 Å². The van der Waals surface area contributed by atoms with Crippen molar-refractivity contribution in [2.75, 3.05) is 31.6 Å². The standard InChI is InChI=1S/C32H39Cl2N3O6S/c1-20(2)17-35-32(39)23(5)36(18-24-8-9-25(33)15-28(24)34)31(38)19-37(26-13-21(3)12-22(4)14-26)44(40,41)27-10-11-29(42-6)30(16-27)43-7/h8-16,20,23H,17-19H2,1-7H3,(H,35,39)/t23-/m1/s1. The summed E-state index contributed by atoms with van der Waals surface area (Å²) < 4.78 is 40.2. The van der Waals surface area contributed by atoms with Gasteiger partial charge in [0, 0.05) is 29.2 Å². The normalized spacial score (nSPS) is 12.0. The van der Waals surface area contributed by atoms with Crippen molar-refractivity contribution in [2.24, 2.45) is 5.92 Å². The van der Waals surface area contributed by atoms with Gasteiger partial charge in [0.2, 0.25) is 11.8 Å². The number of benzene rings is 3. The molecule has 0 saturated carbocycles. The number of ether oxygens (including phenoxy) is 2. The van der Waals surface area contributed by atoms with Crippen molar-refractivity contribution in [2.45, 2.75) is 52.1 Å². The van der Waals surface area contributed by atoms with Gasteiger partial charge in [-0.05, 0) is 79.8 Å². The number of hydrogen-bond acceptors (Lipinski definition) is 6. The highest BCUT2D eigenvalue weighted by molar-refractivity contribution is 7.92. The number of anilines is 1. The van der Waals surface area contributed by atoms with Crippen LogP contribution in [0.3, 0.4) is 0 Å². The van der Waals surface area contributed by atoms with Gasteiger partial charge in [-0.25, -0.2) is 8.42 Å². The molecule has 0 unspecified atom stereocenters. The molecule has 0 aromatic heterocycles. The number of methoxy groups -OCH3 is 2. The molecule has 0 bridgehead atoms. The first-order valence-electron chi connectivity index (χ1n) is 14.0. The smallest absolute Gasteiger partial charge is 0.264 e. The summed E-state index contributed by atoms with van der Waals surface area (Å²) in [6.45, 7) is 8.97. The van der Waals surface area contributed by atoms with Crippen LogP contribution in [0, 0.1) is 19.8 Å². The minimum Gasteiger partial charge on any atom is -0.493 e. The average molecular weight is 665 g/mol. The fourth-order valence-electron chi connectivity index (χ4n) is 4.60. The third kappa shape index (κ3) is 8.58.